The van der Waals surface area contributed by atoms with E-state index in [2.05, 4.69) is 0 Å². The van der Waals surface area contributed by atoms with Crippen LogP contribution in [-0.2, 0) is 23.8 Å². The first-order valence-electron chi connectivity index (χ1n) is 5.90. The Kier molecular flexibility index (Phi) is 4.93. The Morgan fingerprint density at radius 3 is 2.53 bits per heavy atom. The van der Waals surface area contributed by atoms with Crippen LogP contribution >= 0.6 is 0 Å². The lowest BCUT2D eigenvalue weighted by atomic mass is 9.91. The van der Waals surface area contributed by atoms with Crippen molar-refractivity contribution in [2.75, 3.05) is 19.8 Å². The third-order valence-corrected chi connectivity index (χ3v) is 2.86. The van der Waals surface area contributed by atoms with E-state index >= 15 is 0 Å². The molecule has 17 heavy (non-hydrogen) atoms. The third-order valence-electron chi connectivity index (χ3n) is 2.86. The van der Waals surface area contributed by atoms with Gasteiger partial charge in [-0.1, -0.05) is 6.92 Å². The third kappa shape index (κ3) is 5.17. The fraction of sp³-hybridized carbons (Fsp3) is 0.833. The highest BCUT2D eigenvalue weighted by Gasteiger charge is 2.28. The zero-order chi connectivity index (χ0) is 12.9. The van der Waals surface area contributed by atoms with E-state index in [9.17, 15) is 9.59 Å². The molecule has 0 bridgehead atoms. The number of carbonyl (C=O) groups excluding carboxylic acids is 2. The van der Waals surface area contributed by atoms with Crippen LogP contribution in [0.25, 0.3) is 0 Å². The van der Waals surface area contributed by atoms with Gasteiger partial charge in [0.25, 0.3) is 0 Å². The first-order valence-corrected chi connectivity index (χ1v) is 5.90. The molecule has 1 atom stereocenters. The van der Waals surface area contributed by atoms with Crippen molar-refractivity contribution in [1.29, 1.82) is 0 Å². The number of carbonyl (C=O) groups is 2. The maximum atomic E-state index is 11.5. The van der Waals surface area contributed by atoms with Gasteiger partial charge in [0.05, 0.1) is 24.7 Å². The zero-order valence-electron chi connectivity index (χ0n) is 10.7. The van der Waals surface area contributed by atoms with Crippen LogP contribution in [0.1, 0.15) is 33.6 Å². The summed E-state index contributed by atoms with van der Waals surface area (Å²) in [6.07, 6.45) is 1.62. The van der Waals surface area contributed by atoms with Gasteiger partial charge in [-0.05, 0) is 20.3 Å². The maximum Gasteiger partial charge on any atom is 0.344 e. The molecule has 1 rings (SSSR count). The molecule has 98 valence electrons. The lowest BCUT2D eigenvalue weighted by Gasteiger charge is -2.19. The van der Waals surface area contributed by atoms with Crippen molar-refractivity contribution in [2.45, 2.75) is 39.7 Å². The summed E-state index contributed by atoms with van der Waals surface area (Å²) in [7, 11) is 0. The number of hydrogen-bond acceptors (Lipinski definition) is 5. The standard InChI is InChI=1S/C12H20O5/c1-4-12(2,3)11(14)17-8-10(13)15-6-5-9-7-16-9/h9H,4-8H2,1-3H3. The van der Waals surface area contributed by atoms with Gasteiger partial charge in [0.1, 0.15) is 0 Å². The molecule has 0 aromatic carbocycles. The Balaban J connectivity index is 2.11. The molecule has 0 N–H and O–H groups in total. The van der Waals surface area contributed by atoms with Crippen LogP contribution in [0.4, 0.5) is 0 Å². The van der Waals surface area contributed by atoms with E-state index in [1.807, 2.05) is 6.92 Å². The maximum absolute atomic E-state index is 11.5. The highest BCUT2D eigenvalue weighted by atomic mass is 16.6. The van der Waals surface area contributed by atoms with Crippen LogP contribution in [0.15, 0.2) is 0 Å². The largest absolute Gasteiger partial charge is 0.463 e. The molecule has 1 unspecified atom stereocenters. The Hall–Kier alpha value is -1.10. The number of ether oxygens (including phenoxy) is 3. The summed E-state index contributed by atoms with van der Waals surface area (Å²) in [6, 6.07) is 0. The van der Waals surface area contributed by atoms with Crippen LogP contribution in [0, 0.1) is 5.41 Å². The molecule has 0 spiro atoms. The van der Waals surface area contributed by atoms with E-state index in [1.165, 1.54) is 0 Å². The van der Waals surface area contributed by atoms with Crippen molar-refractivity contribution in [3.63, 3.8) is 0 Å². The quantitative estimate of drug-likeness (QED) is 0.499. The van der Waals surface area contributed by atoms with E-state index in [1.54, 1.807) is 13.8 Å². The average molecular weight is 244 g/mol. The van der Waals surface area contributed by atoms with E-state index in [0.29, 0.717) is 19.4 Å². The van der Waals surface area contributed by atoms with Crippen LogP contribution < -0.4 is 0 Å². The molecule has 0 amide bonds. The van der Waals surface area contributed by atoms with Crippen LogP contribution in [0.5, 0.6) is 0 Å². The highest BCUT2D eigenvalue weighted by molar-refractivity contribution is 5.79. The van der Waals surface area contributed by atoms with Gasteiger partial charge in [0, 0.05) is 6.42 Å². The van der Waals surface area contributed by atoms with Crippen molar-refractivity contribution < 1.29 is 23.8 Å². The second-order valence-electron chi connectivity index (χ2n) is 4.78. The van der Waals surface area contributed by atoms with E-state index in [-0.39, 0.29) is 18.7 Å². The predicted octanol–water partition coefficient (Wildman–Crippen LogP) is 1.30. The molecule has 0 aromatic rings. The van der Waals surface area contributed by atoms with Gasteiger partial charge in [0.15, 0.2) is 6.61 Å². The summed E-state index contributed by atoms with van der Waals surface area (Å²) in [4.78, 5) is 22.8. The fourth-order valence-electron chi connectivity index (χ4n) is 1.04. The van der Waals surface area contributed by atoms with E-state index in [0.717, 1.165) is 6.61 Å². The zero-order valence-corrected chi connectivity index (χ0v) is 10.7. The monoisotopic (exact) mass is 244 g/mol. The first-order chi connectivity index (χ1) is 7.95. The second-order valence-corrected chi connectivity index (χ2v) is 4.78. The molecular weight excluding hydrogens is 224 g/mol. The molecule has 1 aliphatic rings. The molecule has 5 nitrogen and oxygen atoms in total. The van der Waals surface area contributed by atoms with Crippen molar-refractivity contribution in [3.05, 3.63) is 0 Å². The number of rotatable bonds is 7. The van der Waals surface area contributed by atoms with E-state index < -0.39 is 11.4 Å². The molecule has 1 saturated heterocycles. The Labute approximate surface area is 101 Å². The van der Waals surface area contributed by atoms with Crippen molar-refractivity contribution in [1.82, 2.24) is 0 Å². The van der Waals surface area contributed by atoms with Crippen molar-refractivity contribution >= 4 is 11.9 Å². The van der Waals surface area contributed by atoms with Crippen molar-refractivity contribution in [2.24, 2.45) is 5.41 Å². The predicted molar refractivity (Wildman–Crippen MR) is 60.3 cm³/mol. The number of hydrogen-bond donors (Lipinski definition) is 0. The summed E-state index contributed by atoms with van der Waals surface area (Å²) < 4.78 is 14.8. The summed E-state index contributed by atoms with van der Waals surface area (Å²) in [5, 5.41) is 0. The summed E-state index contributed by atoms with van der Waals surface area (Å²) >= 11 is 0. The Morgan fingerprint density at radius 2 is 2.00 bits per heavy atom. The number of epoxide rings is 1. The van der Waals surface area contributed by atoms with Gasteiger partial charge >= 0.3 is 11.9 Å². The lowest BCUT2D eigenvalue weighted by molar-refractivity contribution is -0.164. The molecule has 0 aromatic heterocycles. The highest BCUT2D eigenvalue weighted by Crippen LogP contribution is 2.21. The van der Waals surface area contributed by atoms with Gasteiger partial charge in [-0.2, -0.15) is 0 Å². The van der Waals surface area contributed by atoms with Crippen LogP contribution in [0.2, 0.25) is 0 Å². The normalized spacial score (nSPS) is 18.6. The topological polar surface area (TPSA) is 65.1 Å². The SMILES string of the molecule is CCC(C)(C)C(=O)OCC(=O)OCCC1CO1. The van der Waals surface area contributed by atoms with Crippen LogP contribution in [0.3, 0.4) is 0 Å². The molecule has 0 aliphatic carbocycles. The van der Waals surface area contributed by atoms with Gasteiger partial charge in [-0.15, -0.1) is 0 Å². The lowest BCUT2D eigenvalue weighted by Crippen LogP contribution is -2.28. The van der Waals surface area contributed by atoms with Crippen molar-refractivity contribution in [3.8, 4) is 0 Å². The minimum Gasteiger partial charge on any atom is -0.463 e. The summed E-state index contributed by atoms with van der Waals surface area (Å²) in [5.74, 6) is -0.881. The Bertz CT molecular complexity index is 281. The van der Waals surface area contributed by atoms with Gasteiger partial charge in [0.2, 0.25) is 0 Å². The number of esters is 2. The molecule has 0 radical (unpaired) electrons. The fourth-order valence-corrected chi connectivity index (χ4v) is 1.04. The van der Waals surface area contributed by atoms with Gasteiger partial charge in [-0.25, -0.2) is 4.79 Å². The van der Waals surface area contributed by atoms with E-state index in [4.69, 9.17) is 14.2 Å². The summed E-state index contributed by atoms with van der Waals surface area (Å²) in [6.45, 7) is 6.22. The molecule has 1 heterocycles. The molecule has 1 fully saturated rings. The minimum atomic E-state index is -0.553. The minimum absolute atomic E-state index is 0.240. The molecule has 1 aliphatic heterocycles. The molecule has 0 saturated carbocycles. The first kappa shape index (κ1) is 14.0. The van der Waals surface area contributed by atoms with Gasteiger partial charge in [-0.3, -0.25) is 4.79 Å². The molecule has 5 heteroatoms. The molecular formula is C12H20O5. The summed E-state index contributed by atoms with van der Waals surface area (Å²) in [5.41, 5.74) is -0.553. The average Bonchev–Trinajstić information content (AvgIpc) is 3.09. The van der Waals surface area contributed by atoms with Gasteiger partial charge < -0.3 is 14.2 Å². The smallest absolute Gasteiger partial charge is 0.344 e. The second kappa shape index (κ2) is 6.00. The van der Waals surface area contributed by atoms with Crippen LogP contribution in [-0.4, -0.2) is 37.9 Å². The Morgan fingerprint density at radius 1 is 1.35 bits per heavy atom.